The molecule has 0 spiro atoms. The Labute approximate surface area is 128 Å². The molecule has 5 heteroatoms. The Balaban J connectivity index is 2.44. The molecule has 0 radical (unpaired) electrons. The second-order valence-corrected chi connectivity index (χ2v) is 7.64. The van der Waals surface area contributed by atoms with Gasteiger partial charge in [0.2, 0.25) is 10.0 Å². The highest BCUT2D eigenvalue weighted by Gasteiger charge is 2.22. The molecule has 0 aliphatic heterocycles. The standard InChI is InChI=1S/C16H26N2O2S/c1-4-12(2)15-10-16(21(17,19)20)13(3)18(15)11-14-8-6-5-7-9-14/h4,10,14H,5-9,11H2,1-3H3,(H2,17,19,20). The number of sulfonamides is 1. The molecule has 1 aromatic rings. The first-order chi connectivity index (χ1) is 9.84. The fourth-order valence-corrected chi connectivity index (χ4v) is 4.04. The van der Waals surface area contributed by atoms with Gasteiger partial charge in [0, 0.05) is 17.9 Å². The summed E-state index contributed by atoms with van der Waals surface area (Å²) in [5.41, 5.74) is 2.83. The third kappa shape index (κ3) is 3.58. The van der Waals surface area contributed by atoms with Gasteiger partial charge in [0.25, 0.3) is 0 Å². The second-order valence-electron chi connectivity index (χ2n) is 6.11. The molecular weight excluding hydrogens is 284 g/mol. The van der Waals surface area contributed by atoms with Crippen LogP contribution in [0, 0.1) is 12.8 Å². The van der Waals surface area contributed by atoms with Crippen molar-refractivity contribution < 1.29 is 8.42 Å². The molecule has 0 saturated heterocycles. The van der Waals surface area contributed by atoms with Crippen molar-refractivity contribution in [3.63, 3.8) is 0 Å². The minimum absolute atomic E-state index is 0.259. The van der Waals surface area contributed by atoms with Crippen molar-refractivity contribution in [2.45, 2.75) is 64.3 Å². The Kier molecular flexibility index (Phi) is 4.94. The summed E-state index contributed by atoms with van der Waals surface area (Å²) in [7, 11) is -3.67. The van der Waals surface area contributed by atoms with E-state index in [-0.39, 0.29) is 4.90 Å². The summed E-state index contributed by atoms with van der Waals surface area (Å²) in [6.45, 7) is 6.73. The number of hydrogen-bond acceptors (Lipinski definition) is 2. The van der Waals surface area contributed by atoms with Crippen LogP contribution >= 0.6 is 0 Å². The SMILES string of the molecule is CC=C(C)c1cc(S(N)(=O)=O)c(C)n1CC1CCCCC1. The molecule has 2 N–H and O–H groups in total. The number of rotatable bonds is 4. The second kappa shape index (κ2) is 6.36. The van der Waals surface area contributed by atoms with E-state index in [0.29, 0.717) is 5.92 Å². The van der Waals surface area contributed by atoms with Crippen molar-refractivity contribution in [1.82, 2.24) is 4.57 Å². The highest BCUT2D eigenvalue weighted by Crippen LogP contribution is 2.30. The number of nitrogens with zero attached hydrogens (tertiary/aromatic N) is 1. The molecule has 1 aliphatic rings. The maximum Gasteiger partial charge on any atom is 0.239 e. The first-order valence-electron chi connectivity index (χ1n) is 7.70. The molecule has 0 aromatic carbocycles. The normalized spacial score (nSPS) is 18.2. The Morgan fingerprint density at radius 2 is 2.00 bits per heavy atom. The van der Waals surface area contributed by atoms with Gasteiger partial charge in [-0.2, -0.15) is 0 Å². The lowest BCUT2D eigenvalue weighted by Crippen LogP contribution is -2.17. The molecular formula is C16H26N2O2S. The molecule has 0 atom stereocenters. The Bertz CT molecular complexity index is 635. The quantitative estimate of drug-likeness (QED) is 0.925. The molecule has 0 bridgehead atoms. The molecule has 118 valence electrons. The average Bonchev–Trinajstić information content (AvgIpc) is 2.77. The van der Waals surface area contributed by atoms with Gasteiger partial charge >= 0.3 is 0 Å². The van der Waals surface area contributed by atoms with Crippen LogP contribution < -0.4 is 5.14 Å². The third-order valence-corrected chi connectivity index (χ3v) is 5.66. The Morgan fingerprint density at radius 1 is 1.38 bits per heavy atom. The van der Waals surface area contributed by atoms with Crippen LogP contribution in [0.1, 0.15) is 57.3 Å². The third-order valence-electron chi connectivity index (χ3n) is 4.63. The molecule has 1 saturated carbocycles. The van der Waals surface area contributed by atoms with Gasteiger partial charge in [0.15, 0.2) is 0 Å². The van der Waals surface area contributed by atoms with Gasteiger partial charge in [-0.15, -0.1) is 0 Å². The first kappa shape index (κ1) is 16.3. The number of primary sulfonamides is 1. The fraction of sp³-hybridized carbons (Fsp3) is 0.625. The average molecular weight is 310 g/mol. The van der Waals surface area contributed by atoms with Gasteiger partial charge in [-0.25, -0.2) is 13.6 Å². The molecule has 1 heterocycles. The summed E-state index contributed by atoms with van der Waals surface area (Å²) in [4.78, 5) is 0.259. The molecule has 1 aromatic heterocycles. The van der Waals surface area contributed by atoms with Crippen molar-refractivity contribution in [3.05, 3.63) is 23.5 Å². The highest BCUT2D eigenvalue weighted by molar-refractivity contribution is 7.89. The van der Waals surface area contributed by atoms with E-state index in [2.05, 4.69) is 4.57 Å². The predicted molar refractivity (Wildman–Crippen MR) is 86.4 cm³/mol. The first-order valence-corrected chi connectivity index (χ1v) is 9.25. The van der Waals surface area contributed by atoms with Gasteiger partial charge in [0.1, 0.15) is 4.90 Å². The van der Waals surface area contributed by atoms with Crippen LogP contribution in [0.25, 0.3) is 5.57 Å². The van der Waals surface area contributed by atoms with Crippen LogP contribution in [0.15, 0.2) is 17.0 Å². The maximum atomic E-state index is 11.8. The Morgan fingerprint density at radius 3 is 2.52 bits per heavy atom. The molecule has 21 heavy (non-hydrogen) atoms. The van der Waals surface area contributed by atoms with E-state index in [1.165, 1.54) is 32.1 Å². The van der Waals surface area contributed by atoms with E-state index in [4.69, 9.17) is 5.14 Å². The zero-order valence-corrected chi connectivity index (χ0v) is 14.0. The highest BCUT2D eigenvalue weighted by atomic mass is 32.2. The van der Waals surface area contributed by atoms with Gasteiger partial charge in [-0.3, -0.25) is 0 Å². The van der Waals surface area contributed by atoms with Gasteiger partial charge in [-0.05, 0) is 51.2 Å². The van der Waals surface area contributed by atoms with Crippen LogP contribution in [0.3, 0.4) is 0 Å². The summed E-state index contributed by atoms with van der Waals surface area (Å²) in [6.07, 6.45) is 8.37. The van der Waals surface area contributed by atoms with Crippen LogP contribution in [0.2, 0.25) is 0 Å². The smallest absolute Gasteiger partial charge is 0.239 e. The van der Waals surface area contributed by atoms with Gasteiger partial charge in [-0.1, -0.05) is 25.3 Å². The van der Waals surface area contributed by atoms with Crippen LogP contribution in [0.5, 0.6) is 0 Å². The van der Waals surface area contributed by atoms with E-state index in [1.807, 2.05) is 26.8 Å². The minimum Gasteiger partial charge on any atom is -0.344 e. The molecule has 1 aliphatic carbocycles. The minimum atomic E-state index is -3.67. The zero-order chi connectivity index (χ0) is 15.6. The molecule has 0 unspecified atom stereocenters. The summed E-state index contributed by atoms with van der Waals surface area (Å²) >= 11 is 0. The van der Waals surface area contributed by atoms with E-state index >= 15 is 0 Å². The van der Waals surface area contributed by atoms with E-state index in [9.17, 15) is 8.42 Å². The zero-order valence-electron chi connectivity index (χ0n) is 13.2. The van der Waals surface area contributed by atoms with Crippen molar-refractivity contribution in [1.29, 1.82) is 0 Å². The largest absolute Gasteiger partial charge is 0.344 e. The van der Waals surface area contributed by atoms with Crippen molar-refractivity contribution in [2.24, 2.45) is 11.1 Å². The van der Waals surface area contributed by atoms with Crippen molar-refractivity contribution in [2.75, 3.05) is 0 Å². The Hall–Kier alpha value is -1.07. The van der Waals surface area contributed by atoms with Crippen LogP contribution in [0.4, 0.5) is 0 Å². The molecule has 4 nitrogen and oxygen atoms in total. The van der Waals surface area contributed by atoms with Crippen LogP contribution in [-0.2, 0) is 16.6 Å². The van der Waals surface area contributed by atoms with Gasteiger partial charge in [0.05, 0.1) is 0 Å². The summed E-state index contributed by atoms with van der Waals surface area (Å²) < 4.78 is 25.7. The van der Waals surface area contributed by atoms with E-state index in [0.717, 1.165) is 23.5 Å². The van der Waals surface area contributed by atoms with Gasteiger partial charge < -0.3 is 4.57 Å². The lowest BCUT2D eigenvalue weighted by molar-refractivity contribution is 0.316. The van der Waals surface area contributed by atoms with E-state index in [1.54, 1.807) is 6.07 Å². The fourth-order valence-electron chi connectivity index (χ4n) is 3.25. The lowest BCUT2D eigenvalue weighted by atomic mass is 9.89. The van der Waals surface area contributed by atoms with E-state index < -0.39 is 10.0 Å². The predicted octanol–water partition coefficient (Wildman–Crippen LogP) is 3.45. The summed E-state index contributed by atoms with van der Waals surface area (Å²) in [5, 5.41) is 5.35. The lowest BCUT2D eigenvalue weighted by Gasteiger charge is -2.24. The number of allylic oxidation sites excluding steroid dienone is 2. The monoisotopic (exact) mass is 310 g/mol. The molecule has 1 fully saturated rings. The van der Waals surface area contributed by atoms with Crippen molar-refractivity contribution >= 4 is 15.6 Å². The molecule has 2 rings (SSSR count). The topological polar surface area (TPSA) is 65.1 Å². The maximum absolute atomic E-state index is 11.8. The van der Waals surface area contributed by atoms with Crippen molar-refractivity contribution in [3.8, 4) is 0 Å². The summed E-state index contributed by atoms with van der Waals surface area (Å²) in [6, 6.07) is 1.73. The van der Waals surface area contributed by atoms with Crippen LogP contribution in [-0.4, -0.2) is 13.0 Å². The number of nitrogens with two attached hydrogens (primary N) is 1. The number of hydrogen-bond donors (Lipinski definition) is 1. The summed E-state index contributed by atoms with van der Waals surface area (Å²) in [5.74, 6) is 0.640. The molecule has 0 amide bonds. The number of aromatic nitrogens is 1.